The van der Waals surface area contributed by atoms with E-state index >= 15 is 0 Å². The average Bonchev–Trinajstić information content (AvgIpc) is 2.80. The average molecular weight is 473 g/mol. The summed E-state index contributed by atoms with van der Waals surface area (Å²) in [7, 11) is 7.82. The largest absolute Gasteiger partial charge is 0.478 e. The second-order valence-electron chi connectivity index (χ2n) is 9.32. The van der Waals surface area contributed by atoms with Gasteiger partial charge < -0.3 is 19.7 Å². The molecule has 2 aromatic carbocycles. The molecular formula is C28H30N3O4+. The number of nitrogens with one attached hydrogen (secondary N) is 1. The van der Waals surface area contributed by atoms with Crippen LogP contribution < -0.4 is 20.1 Å². The molecule has 2 N–H and O–H groups in total. The standard InChI is InChI=1S/C28H29N3O4/c1-16(2)29-27(32)17-7-10-20(23(13-17)28(33)34)26-21-11-8-18(30(3)4)14-24(21)35-25-15-19(31(5)6)9-12-22(25)26/h7-16H,1-6H3,(H-,29,32,33,34)/p+1. The number of carbonyl (C=O) groups excluding carboxylic acids is 1. The summed E-state index contributed by atoms with van der Waals surface area (Å²) in [6.45, 7) is 3.72. The monoisotopic (exact) mass is 472 g/mol. The van der Waals surface area contributed by atoms with Crippen molar-refractivity contribution >= 4 is 28.5 Å². The van der Waals surface area contributed by atoms with Crippen LogP contribution in [0.1, 0.15) is 34.6 Å². The molecule has 0 bridgehead atoms. The zero-order valence-corrected chi connectivity index (χ0v) is 20.8. The summed E-state index contributed by atoms with van der Waals surface area (Å²) in [6.07, 6.45) is 0. The Bertz CT molecular complexity index is 1490. The van der Waals surface area contributed by atoms with Gasteiger partial charge in [-0.25, -0.2) is 9.37 Å². The first-order chi connectivity index (χ1) is 16.6. The van der Waals surface area contributed by atoms with E-state index in [-0.39, 0.29) is 17.5 Å². The van der Waals surface area contributed by atoms with Gasteiger partial charge in [-0.2, -0.15) is 0 Å². The number of rotatable bonds is 5. The van der Waals surface area contributed by atoms with Gasteiger partial charge in [-0.3, -0.25) is 4.79 Å². The van der Waals surface area contributed by atoms with Crippen molar-refractivity contribution in [3.63, 3.8) is 0 Å². The summed E-state index contributed by atoms with van der Waals surface area (Å²) < 4.78 is 8.32. The van der Waals surface area contributed by atoms with Crippen LogP contribution in [0.15, 0.2) is 59.0 Å². The van der Waals surface area contributed by atoms with Crippen LogP contribution in [-0.4, -0.2) is 51.2 Å². The highest BCUT2D eigenvalue weighted by molar-refractivity contribution is 6.09. The number of aromatic carboxylic acids is 1. The van der Waals surface area contributed by atoms with Crippen molar-refractivity contribution in [2.75, 3.05) is 33.1 Å². The molecule has 7 nitrogen and oxygen atoms in total. The van der Waals surface area contributed by atoms with Crippen LogP contribution in [0.3, 0.4) is 0 Å². The number of carboxylic acids is 1. The number of hydrogen-bond acceptors (Lipinski definition) is 4. The SMILES string of the molecule is CC(C)NC(=O)c1ccc(-c2c3ccc(=[N+](C)C)cc-3oc3cc(N(C)C)ccc23)c(C(=O)O)c1. The highest BCUT2D eigenvalue weighted by Gasteiger charge is 2.23. The van der Waals surface area contributed by atoms with E-state index in [1.165, 1.54) is 6.07 Å². The molecule has 180 valence electrons. The van der Waals surface area contributed by atoms with Crippen LogP contribution in [0.2, 0.25) is 0 Å². The molecule has 0 unspecified atom stereocenters. The molecule has 0 spiro atoms. The molecule has 1 aliphatic heterocycles. The van der Waals surface area contributed by atoms with E-state index in [9.17, 15) is 14.7 Å². The highest BCUT2D eigenvalue weighted by Crippen LogP contribution is 2.42. The molecule has 0 atom stereocenters. The molecule has 4 rings (SSSR count). The van der Waals surface area contributed by atoms with Crippen LogP contribution in [-0.2, 0) is 0 Å². The van der Waals surface area contributed by atoms with E-state index < -0.39 is 5.97 Å². The summed E-state index contributed by atoms with van der Waals surface area (Å²) in [5, 5.41) is 14.7. The van der Waals surface area contributed by atoms with Gasteiger partial charge in [-0.1, -0.05) is 6.07 Å². The zero-order valence-electron chi connectivity index (χ0n) is 20.8. The summed E-state index contributed by atoms with van der Waals surface area (Å²) >= 11 is 0. The minimum Gasteiger partial charge on any atom is -0.478 e. The van der Waals surface area contributed by atoms with E-state index in [1.54, 1.807) is 12.1 Å². The fraction of sp³-hybridized carbons (Fsp3) is 0.250. The van der Waals surface area contributed by atoms with Crippen molar-refractivity contribution < 1.29 is 19.1 Å². The third-order valence-corrected chi connectivity index (χ3v) is 5.92. The minimum absolute atomic E-state index is 0.0589. The van der Waals surface area contributed by atoms with E-state index in [1.807, 2.05) is 87.9 Å². The van der Waals surface area contributed by atoms with Crippen LogP contribution in [0.5, 0.6) is 0 Å². The van der Waals surface area contributed by atoms with Crippen molar-refractivity contribution in [1.82, 2.24) is 9.89 Å². The Morgan fingerprint density at radius 1 is 0.971 bits per heavy atom. The van der Waals surface area contributed by atoms with Gasteiger partial charge in [0.2, 0.25) is 5.36 Å². The summed E-state index contributed by atoms with van der Waals surface area (Å²) in [4.78, 5) is 26.9. The first-order valence-electron chi connectivity index (χ1n) is 11.4. The Balaban J connectivity index is 2.08. The van der Waals surface area contributed by atoms with Crippen molar-refractivity contribution in [1.29, 1.82) is 0 Å². The first kappa shape index (κ1) is 24.0. The molecule has 0 aromatic heterocycles. The van der Waals surface area contributed by atoms with Crippen LogP contribution in [0.4, 0.5) is 5.69 Å². The Hall–Kier alpha value is -4.13. The van der Waals surface area contributed by atoms with E-state index in [0.717, 1.165) is 27.6 Å². The molecule has 1 heterocycles. The molecule has 0 fully saturated rings. The molecular weight excluding hydrogens is 442 g/mol. The Labute approximate surface area is 204 Å². The molecule has 2 aromatic rings. The van der Waals surface area contributed by atoms with E-state index in [2.05, 4.69) is 5.32 Å². The number of fused-ring (bicyclic) bond motifs is 2. The van der Waals surface area contributed by atoms with Gasteiger partial charge in [0.25, 0.3) is 5.91 Å². The third kappa shape index (κ3) is 4.62. The fourth-order valence-electron chi connectivity index (χ4n) is 4.14. The minimum atomic E-state index is -1.10. The highest BCUT2D eigenvalue weighted by atomic mass is 16.4. The van der Waals surface area contributed by atoms with Gasteiger partial charge >= 0.3 is 5.97 Å². The van der Waals surface area contributed by atoms with E-state index in [0.29, 0.717) is 22.5 Å². The smallest absolute Gasteiger partial charge is 0.336 e. The Kier molecular flexibility index (Phi) is 6.35. The van der Waals surface area contributed by atoms with Crippen molar-refractivity contribution in [3.05, 3.63) is 71.1 Å². The van der Waals surface area contributed by atoms with Crippen LogP contribution >= 0.6 is 0 Å². The lowest BCUT2D eigenvalue weighted by atomic mass is 9.89. The number of nitrogens with zero attached hydrogens (tertiary/aromatic N) is 2. The zero-order chi connectivity index (χ0) is 25.4. The maximum absolute atomic E-state index is 12.6. The molecule has 1 amide bonds. The number of benzene rings is 3. The summed E-state index contributed by atoms with van der Waals surface area (Å²) in [5.74, 6) is -0.762. The van der Waals surface area contributed by atoms with Crippen molar-refractivity contribution in [3.8, 4) is 22.5 Å². The summed E-state index contributed by atoms with van der Waals surface area (Å²) in [6, 6.07) is 16.5. The molecule has 0 saturated carbocycles. The van der Waals surface area contributed by atoms with Gasteiger partial charge in [0.1, 0.15) is 25.4 Å². The maximum atomic E-state index is 12.6. The Morgan fingerprint density at radius 2 is 1.69 bits per heavy atom. The molecule has 2 aliphatic rings. The van der Waals surface area contributed by atoms with Gasteiger partial charge in [-0.15, -0.1) is 0 Å². The summed E-state index contributed by atoms with van der Waals surface area (Å²) in [5.41, 5.74) is 4.05. The second-order valence-corrected chi connectivity index (χ2v) is 9.32. The molecule has 0 radical (unpaired) electrons. The van der Waals surface area contributed by atoms with Crippen LogP contribution in [0, 0.1) is 0 Å². The van der Waals surface area contributed by atoms with Crippen LogP contribution in [0.25, 0.3) is 33.4 Å². The predicted molar refractivity (Wildman–Crippen MR) is 139 cm³/mol. The van der Waals surface area contributed by atoms with Gasteiger partial charge in [0.15, 0.2) is 0 Å². The lowest BCUT2D eigenvalue weighted by Crippen LogP contribution is -2.30. The fourth-order valence-corrected chi connectivity index (χ4v) is 4.14. The number of carboxylic acid groups (broad SMARTS) is 1. The molecule has 35 heavy (non-hydrogen) atoms. The third-order valence-electron chi connectivity index (χ3n) is 5.92. The lowest BCUT2D eigenvalue weighted by molar-refractivity contribution is 0.0697. The molecule has 0 saturated heterocycles. The number of hydrogen-bond donors (Lipinski definition) is 2. The number of carbonyl (C=O) groups is 2. The van der Waals surface area contributed by atoms with Crippen molar-refractivity contribution in [2.24, 2.45) is 0 Å². The maximum Gasteiger partial charge on any atom is 0.336 e. The van der Waals surface area contributed by atoms with E-state index in [4.69, 9.17) is 4.42 Å². The topological polar surface area (TPSA) is 85.8 Å². The second kappa shape index (κ2) is 9.25. The molecule has 1 aliphatic carbocycles. The lowest BCUT2D eigenvalue weighted by Gasteiger charge is -2.19. The van der Waals surface area contributed by atoms with Crippen molar-refractivity contribution in [2.45, 2.75) is 19.9 Å². The molecule has 7 heteroatoms. The number of anilines is 1. The van der Waals surface area contributed by atoms with Gasteiger partial charge in [-0.05, 0) is 49.7 Å². The normalized spacial score (nSPS) is 11.2. The van der Waals surface area contributed by atoms with Gasteiger partial charge in [0.05, 0.1) is 11.6 Å². The predicted octanol–water partition coefficient (Wildman–Crippen LogP) is 4.14. The Morgan fingerprint density at radius 3 is 2.31 bits per heavy atom. The first-order valence-corrected chi connectivity index (χ1v) is 11.4. The number of amides is 1. The van der Waals surface area contributed by atoms with Gasteiger partial charge in [0, 0.05) is 60.0 Å². The quantitative estimate of drug-likeness (QED) is 0.337.